The molecule has 7 heteroatoms. The van der Waals surface area contributed by atoms with Gasteiger partial charge in [0.1, 0.15) is 5.82 Å². The molecule has 23 heavy (non-hydrogen) atoms. The van der Waals surface area contributed by atoms with Crippen LogP contribution in [-0.2, 0) is 0 Å². The summed E-state index contributed by atoms with van der Waals surface area (Å²) in [5, 5.41) is 3.27. The van der Waals surface area contributed by atoms with Gasteiger partial charge in [-0.15, -0.1) is 12.4 Å². The highest BCUT2D eigenvalue weighted by molar-refractivity contribution is 9.10. The van der Waals surface area contributed by atoms with Gasteiger partial charge in [-0.05, 0) is 29.8 Å². The fraction of sp³-hybridized carbons (Fsp3) is 0.250. The number of halogens is 3. The van der Waals surface area contributed by atoms with Gasteiger partial charge in [0.25, 0.3) is 5.91 Å². The van der Waals surface area contributed by atoms with Crippen LogP contribution in [-0.4, -0.2) is 35.4 Å². The zero-order valence-corrected chi connectivity index (χ0v) is 14.6. The van der Waals surface area contributed by atoms with E-state index in [1.807, 2.05) is 12.1 Å². The molecule has 0 spiro atoms. The van der Waals surface area contributed by atoms with E-state index in [-0.39, 0.29) is 29.9 Å². The Balaban J connectivity index is 0.00000192. The van der Waals surface area contributed by atoms with Crippen LogP contribution < -0.4 is 5.32 Å². The first-order valence-corrected chi connectivity index (χ1v) is 7.83. The summed E-state index contributed by atoms with van der Waals surface area (Å²) in [4.78, 5) is 18.6. The third-order valence-electron chi connectivity index (χ3n) is 3.73. The number of carbonyl (C=O) groups excluding carboxylic acids is 1. The molecule has 1 atom stereocenters. The first-order valence-electron chi connectivity index (χ1n) is 7.03. The van der Waals surface area contributed by atoms with Crippen molar-refractivity contribution in [1.82, 2.24) is 15.2 Å². The van der Waals surface area contributed by atoms with Crippen LogP contribution in [0, 0.1) is 5.82 Å². The molecule has 1 amide bonds. The van der Waals surface area contributed by atoms with Crippen LogP contribution in [0.4, 0.5) is 4.39 Å². The summed E-state index contributed by atoms with van der Waals surface area (Å²) in [5.41, 5.74) is 1.03. The molecule has 1 aromatic carbocycles. The Hall–Kier alpha value is -1.50. The van der Waals surface area contributed by atoms with Crippen molar-refractivity contribution in [1.29, 1.82) is 0 Å². The van der Waals surface area contributed by atoms with Crippen LogP contribution in [0.25, 0.3) is 0 Å². The fourth-order valence-corrected chi connectivity index (χ4v) is 3.00. The molecular formula is C16H16BrClFN3O. The largest absolute Gasteiger partial charge is 0.329 e. The van der Waals surface area contributed by atoms with E-state index in [1.54, 1.807) is 23.4 Å². The molecule has 4 nitrogen and oxygen atoms in total. The standard InChI is InChI=1S/C16H15BrFN3O.ClH/c17-12-3-4-14(18)13(8-12)16(22)21-7-6-20-10-15(21)11-2-1-5-19-9-11;/h1-5,8-9,15,20H,6-7,10H2;1H. The summed E-state index contributed by atoms with van der Waals surface area (Å²) in [6.45, 7) is 1.86. The van der Waals surface area contributed by atoms with E-state index in [9.17, 15) is 9.18 Å². The average Bonchev–Trinajstić information content (AvgIpc) is 2.57. The molecule has 0 bridgehead atoms. The highest BCUT2D eigenvalue weighted by atomic mass is 79.9. The van der Waals surface area contributed by atoms with Gasteiger partial charge < -0.3 is 10.2 Å². The summed E-state index contributed by atoms with van der Waals surface area (Å²) in [7, 11) is 0. The van der Waals surface area contributed by atoms with Gasteiger partial charge in [0.05, 0.1) is 11.6 Å². The molecular weight excluding hydrogens is 385 g/mol. The molecule has 3 rings (SSSR count). The Morgan fingerprint density at radius 3 is 2.96 bits per heavy atom. The lowest BCUT2D eigenvalue weighted by Gasteiger charge is -2.36. The molecule has 0 saturated carbocycles. The monoisotopic (exact) mass is 399 g/mol. The summed E-state index contributed by atoms with van der Waals surface area (Å²) in [6.07, 6.45) is 3.44. The lowest BCUT2D eigenvalue weighted by Crippen LogP contribution is -2.48. The second-order valence-electron chi connectivity index (χ2n) is 5.13. The van der Waals surface area contributed by atoms with Crippen molar-refractivity contribution in [3.63, 3.8) is 0 Å². The molecule has 1 aliphatic heterocycles. The second-order valence-corrected chi connectivity index (χ2v) is 6.04. The molecule has 2 heterocycles. The van der Waals surface area contributed by atoms with E-state index in [2.05, 4.69) is 26.2 Å². The quantitative estimate of drug-likeness (QED) is 0.842. The highest BCUT2D eigenvalue weighted by Gasteiger charge is 2.30. The molecule has 1 unspecified atom stereocenters. The average molecular weight is 401 g/mol. The third kappa shape index (κ3) is 3.88. The molecule has 0 aliphatic carbocycles. The second kappa shape index (κ2) is 7.86. The molecule has 1 saturated heterocycles. The van der Waals surface area contributed by atoms with Crippen molar-refractivity contribution < 1.29 is 9.18 Å². The Morgan fingerprint density at radius 2 is 2.22 bits per heavy atom. The van der Waals surface area contributed by atoms with E-state index < -0.39 is 5.82 Å². The number of hydrogen-bond donors (Lipinski definition) is 1. The van der Waals surface area contributed by atoms with Crippen molar-refractivity contribution in [2.75, 3.05) is 19.6 Å². The zero-order valence-electron chi connectivity index (χ0n) is 12.2. The number of nitrogens with one attached hydrogen (secondary N) is 1. The van der Waals surface area contributed by atoms with E-state index >= 15 is 0 Å². The van der Waals surface area contributed by atoms with Crippen LogP contribution in [0.2, 0.25) is 0 Å². The summed E-state index contributed by atoms with van der Waals surface area (Å²) >= 11 is 3.29. The number of nitrogens with zero attached hydrogens (tertiary/aromatic N) is 2. The lowest BCUT2D eigenvalue weighted by molar-refractivity contribution is 0.0629. The Morgan fingerprint density at radius 1 is 1.39 bits per heavy atom. The Labute approximate surface area is 148 Å². The molecule has 0 radical (unpaired) electrons. The van der Waals surface area contributed by atoms with Crippen LogP contribution in [0.15, 0.2) is 47.2 Å². The maximum Gasteiger partial charge on any atom is 0.257 e. The first kappa shape index (κ1) is 17.8. The van der Waals surface area contributed by atoms with Crippen molar-refractivity contribution in [2.24, 2.45) is 0 Å². The molecule has 1 fully saturated rings. The zero-order chi connectivity index (χ0) is 15.5. The Kier molecular flexibility index (Phi) is 6.10. The smallest absolute Gasteiger partial charge is 0.257 e. The van der Waals surface area contributed by atoms with Gasteiger partial charge in [0.15, 0.2) is 0 Å². The van der Waals surface area contributed by atoms with Gasteiger partial charge in [-0.3, -0.25) is 9.78 Å². The number of aromatic nitrogens is 1. The third-order valence-corrected chi connectivity index (χ3v) is 4.23. The number of piperazine rings is 1. The van der Waals surface area contributed by atoms with Crippen molar-refractivity contribution in [3.8, 4) is 0 Å². The number of pyridine rings is 1. The number of hydrogen-bond acceptors (Lipinski definition) is 3. The van der Waals surface area contributed by atoms with Gasteiger partial charge >= 0.3 is 0 Å². The van der Waals surface area contributed by atoms with Gasteiger partial charge in [-0.25, -0.2) is 4.39 Å². The van der Waals surface area contributed by atoms with Crippen molar-refractivity contribution >= 4 is 34.2 Å². The van der Waals surface area contributed by atoms with Gasteiger partial charge in [-0.1, -0.05) is 22.0 Å². The number of rotatable bonds is 2. The van der Waals surface area contributed by atoms with Crippen LogP contribution >= 0.6 is 28.3 Å². The summed E-state index contributed by atoms with van der Waals surface area (Å²) in [5.74, 6) is -0.800. The maximum atomic E-state index is 14.0. The van der Waals surface area contributed by atoms with Crippen LogP contribution in [0.1, 0.15) is 22.0 Å². The van der Waals surface area contributed by atoms with Crippen LogP contribution in [0.5, 0.6) is 0 Å². The minimum Gasteiger partial charge on any atom is -0.329 e. The normalized spacial score (nSPS) is 17.5. The Bertz CT molecular complexity index is 686. The van der Waals surface area contributed by atoms with Crippen molar-refractivity contribution in [3.05, 3.63) is 64.1 Å². The van der Waals surface area contributed by atoms with Crippen molar-refractivity contribution in [2.45, 2.75) is 6.04 Å². The molecule has 1 aliphatic rings. The maximum absolute atomic E-state index is 14.0. The predicted octanol–water partition coefficient (Wildman–Crippen LogP) is 3.19. The van der Waals surface area contributed by atoms with Gasteiger partial charge in [-0.2, -0.15) is 0 Å². The predicted molar refractivity (Wildman–Crippen MR) is 92.2 cm³/mol. The van der Waals surface area contributed by atoms with E-state index in [0.717, 1.165) is 5.56 Å². The van der Waals surface area contributed by atoms with Gasteiger partial charge in [0, 0.05) is 36.5 Å². The fourth-order valence-electron chi connectivity index (χ4n) is 2.63. The molecule has 1 aromatic heterocycles. The summed E-state index contributed by atoms with van der Waals surface area (Å²) in [6, 6.07) is 8.04. The molecule has 122 valence electrons. The lowest BCUT2D eigenvalue weighted by atomic mass is 10.0. The van der Waals surface area contributed by atoms with E-state index in [0.29, 0.717) is 24.1 Å². The van der Waals surface area contributed by atoms with Gasteiger partial charge in [0.2, 0.25) is 0 Å². The SMILES string of the molecule is Cl.O=C(c1cc(Br)ccc1F)N1CCNCC1c1cccnc1. The molecule has 2 aromatic rings. The number of benzene rings is 1. The minimum absolute atomic E-state index is 0. The number of carbonyl (C=O) groups is 1. The topological polar surface area (TPSA) is 45.2 Å². The summed E-state index contributed by atoms with van der Waals surface area (Å²) < 4.78 is 14.7. The minimum atomic E-state index is -0.503. The van der Waals surface area contributed by atoms with E-state index in [4.69, 9.17) is 0 Å². The van der Waals surface area contributed by atoms with Crippen LogP contribution in [0.3, 0.4) is 0 Å². The highest BCUT2D eigenvalue weighted by Crippen LogP contribution is 2.25. The van der Waals surface area contributed by atoms with E-state index in [1.165, 1.54) is 12.1 Å². The first-order chi connectivity index (χ1) is 10.7. The number of amides is 1. The molecule has 1 N–H and O–H groups in total.